The summed E-state index contributed by atoms with van der Waals surface area (Å²) in [5, 5.41) is 2.98. The molecule has 1 aromatic carbocycles. The first-order valence-corrected chi connectivity index (χ1v) is 5.45. The van der Waals surface area contributed by atoms with E-state index in [2.05, 4.69) is 10.1 Å². The number of aryl methyl sites for hydroxylation is 1. The molecule has 0 aliphatic heterocycles. The number of methoxy groups -OCH3 is 1. The van der Waals surface area contributed by atoms with E-state index in [1.165, 1.54) is 13.2 Å². The Hall–Kier alpha value is -1.42. The standard InChI is InChI=1S/C13H18FNO2/c1-9-5-6-11(14)10(7-9)8-15-13(2,3)12(16)17-4/h5-7,15H,8H2,1-4H3. The van der Waals surface area contributed by atoms with Gasteiger partial charge in [-0.05, 0) is 26.8 Å². The summed E-state index contributed by atoms with van der Waals surface area (Å²) >= 11 is 0. The molecule has 94 valence electrons. The second kappa shape index (κ2) is 5.27. The van der Waals surface area contributed by atoms with E-state index in [9.17, 15) is 9.18 Å². The monoisotopic (exact) mass is 239 g/mol. The normalized spacial score (nSPS) is 11.4. The maximum absolute atomic E-state index is 13.5. The highest BCUT2D eigenvalue weighted by Crippen LogP contribution is 2.12. The first-order valence-electron chi connectivity index (χ1n) is 5.45. The third-order valence-electron chi connectivity index (χ3n) is 2.62. The average molecular weight is 239 g/mol. The van der Waals surface area contributed by atoms with Gasteiger partial charge in [-0.15, -0.1) is 0 Å². The topological polar surface area (TPSA) is 38.3 Å². The molecular weight excluding hydrogens is 221 g/mol. The first kappa shape index (κ1) is 13.6. The zero-order chi connectivity index (χ0) is 13.1. The lowest BCUT2D eigenvalue weighted by atomic mass is 10.0. The number of carbonyl (C=O) groups excluding carboxylic acids is 1. The second-order valence-corrected chi connectivity index (χ2v) is 4.56. The van der Waals surface area contributed by atoms with Gasteiger partial charge in [-0.2, -0.15) is 0 Å². The number of esters is 1. The maximum Gasteiger partial charge on any atom is 0.325 e. The van der Waals surface area contributed by atoms with Crippen LogP contribution in [0.2, 0.25) is 0 Å². The zero-order valence-corrected chi connectivity index (χ0v) is 10.6. The van der Waals surface area contributed by atoms with E-state index in [-0.39, 0.29) is 18.3 Å². The third-order valence-corrected chi connectivity index (χ3v) is 2.62. The van der Waals surface area contributed by atoms with Crippen LogP contribution in [0.1, 0.15) is 25.0 Å². The van der Waals surface area contributed by atoms with Crippen LogP contribution in [0, 0.1) is 12.7 Å². The smallest absolute Gasteiger partial charge is 0.325 e. The van der Waals surface area contributed by atoms with Crippen molar-refractivity contribution in [3.63, 3.8) is 0 Å². The fraction of sp³-hybridized carbons (Fsp3) is 0.462. The van der Waals surface area contributed by atoms with Crippen LogP contribution in [0.15, 0.2) is 18.2 Å². The summed E-state index contributed by atoms with van der Waals surface area (Å²) < 4.78 is 18.1. The zero-order valence-electron chi connectivity index (χ0n) is 10.6. The molecule has 1 rings (SSSR count). The molecule has 0 unspecified atom stereocenters. The average Bonchev–Trinajstić information content (AvgIpc) is 2.29. The van der Waals surface area contributed by atoms with E-state index >= 15 is 0 Å². The molecule has 4 heteroatoms. The minimum Gasteiger partial charge on any atom is -0.468 e. The van der Waals surface area contributed by atoms with Crippen molar-refractivity contribution in [3.8, 4) is 0 Å². The summed E-state index contributed by atoms with van der Waals surface area (Å²) in [5.74, 6) is -0.644. The van der Waals surface area contributed by atoms with Crippen molar-refractivity contribution < 1.29 is 13.9 Å². The van der Waals surface area contributed by atoms with Gasteiger partial charge in [-0.1, -0.05) is 17.7 Å². The quantitative estimate of drug-likeness (QED) is 0.818. The van der Waals surface area contributed by atoms with E-state index in [1.54, 1.807) is 26.0 Å². The van der Waals surface area contributed by atoms with Gasteiger partial charge in [0.1, 0.15) is 11.4 Å². The van der Waals surface area contributed by atoms with Crippen LogP contribution >= 0.6 is 0 Å². The maximum atomic E-state index is 13.5. The van der Waals surface area contributed by atoms with Crippen LogP contribution in [0.25, 0.3) is 0 Å². The van der Waals surface area contributed by atoms with E-state index in [1.807, 2.05) is 6.92 Å². The molecule has 3 nitrogen and oxygen atoms in total. The van der Waals surface area contributed by atoms with Gasteiger partial charge in [0.15, 0.2) is 0 Å². The Kier molecular flexibility index (Phi) is 4.23. The van der Waals surface area contributed by atoms with Crippen molar-refractivity contribution in [2.24, 2.45) is 0 Å². The number of hydrogen-bond donors (Lipinski definition) is 1. The Morgan fingerprint density at radius 1 is 1.47 bits per heavy atom. The largest absolute Gasteiger partial charge is 0.468 e. The summed E-state index contributed by atoms with van der Waals surface area (Å²) in [4.78, 5) is 11.4. The summed E-state index contributed by atoms with van der Waals surface area (Å²) in [5.41, 5.74) is 0.700. The molecule has 17 heavy (non-hydrogen) atoms. The highest BCUT2D eigenvalue weighted by molar-refractivity contribution is 5.79. The summed E-state index contributed by atoms with van der Waals surface area (Å²) in [6, 6.07) is 4.90. The lowest BCUT2D eigenvalue weighted by Gasteiger charge is -2.23. The van der Waals surface area contributed by atoms with Crippen LogP contribution < -0.4 is 5.32 Å². The van der Waals surface area contributed by atoms with Crippen LogP contribution in [0.5, 0.6) is 0 Å². The molecule has 0 aliphatic carbocycles. The van der Waals surface area contributed by atoms with Gasteiger partial charge in [0.2, 0.25) is 0 Å². The summed E-state index contributed by atoms with van der Waals surface area (Å²) in [6.07, 6.45) is 0. The molecule has 0 aliphatic rings. The van der Waals surface area contributed by atoms with E-state index in [0.29, 0.717) is 5.56 Å². The number of nitrogens with one attached hydrogen (secondary N) is 1. The molecule has 0 heterocycles. The molecule has 0 saturated heterocycles. The van der Waals surface area contributed by atoms with E-state index in [4.69, 9.17) is 0 Å². The molecule has 0 aromatic heterocycles. The Morgan fingerprint density at radius 2 is 2.12 bits per heavy atom. The Labute approximate surface area is 101 Å². The molecule has 0 fully saturated rings. The minimum atomic E-state index is -0.828. The van der Waals surface area contributed by atoms with E-state index in [0.717, 1.165) is 5.56 Å². The summed E-state index contributed by atoms with van der Waals surface area (Å²) in [7, 11) is 1.33. The number of rotatable bonds is 4. The van der Waals surface area contributed by atoms with Crippen molar-refractivity contribution >= 4 is 5.97 Å². The molecule has 0 bridgehead atoms. The van der Waals surface area contributed by atoms with Crippen molar-refractivity contribution in [3.05, 3.63) is 35.1 Å². The van der Waals surface area contributed by atoms with E-state index < -0.39 is 5.54 Å². The van der Waals surface area contributed by atoms with Crippen LogP contribution in [-0.2, 0) is 16.1 Å². The molecule has 1 N–H and O–H groups in total. The minimum absolute atomic E-state index is 0.274. The van der Waals surface area contributed by atoms with Gasteiger partial charge in [-0.3, -0.25) is 10.1 Å². The number of hydrogen-bond acceptors (Lipinski definition) is 3. The second-order valence-electron chi connectivity index (χ2n) is 4.56. The highest BCUT2D eigenvalue weighted by Gasteiger charge is 2.27. The summed E-state index contributed by atoms with van der Waals surface area (Å²) in [6.45, 7) is 5.59. The fourth-order valence-electron chi connectivity index (χ4n) is 1.48. The van der Waals surface area contributed by atoms with Crippen molar-refractivity contribution in [2.45, 2.75) is 32.9 Å². The number of carbonyl (C=O) groups is 1. The van der Waals surface area contributed by atoms with Crippen molar-refractivity contribution in [1.82, 2.24) is 5.32 Å². The number of halogens is 1. The lowest BCUT2D eigenvalue weighted by molar-refractivity contribution is -0.147. The van der Waals surface area contributed by atoms with Gasteiger partial charge in [-0.25, -0.2) is 4.39 Å². The lowest BCUT2D eigenvalue weighted by Crippen LogP contribution is -2.47. The van der Waals surface area contributed by atoms with Crippen LogP contribution in [0.3, 0.4) is 0 Å². The van der Waals surface area contributed by atoms with Crippen molar-refractivity contribution in [1.29, 1.82) is 0 Å². The van der Waals surface area contributed by atoms with Gasteiger partial charge >= 0.3 is 5.97 Å². The Balaban J connectivity index is 2.73. The SMILES string of the molecule is COC(=O)C(C)(C)NCc1cc(C)ccc1F. The number of benzene rings is 1. The predicted molar refractivity (Wildman–Crippen MR) is 64.1 cm³/mol. The Morgan fingerprint density at radius 3 is 2.71 bits per heavy atom. The fourth-order valence-corrected chi connectivity index (χ4v) is 1.48. The van der Waals surface area contributed by atoms with Crippen molar-refractivity contribution in [2.75, 3.05) is 7.11 Å². The first-order chi connectivity index (χ1) is 7.86. The molecule has 0 spiro atoms. The van der Waals surface area contributed by atoms with Crippen LogP contribution in [-0.4, -0.2) is 18.6 Å². The van der Waals surface area contributed by atoms with Gasteiger partial charge in [0, 0.05) is 12.1 Å². The Bertz CT molecular complexity index is 416. The molecule has 0 radical (unpaired) electrons. The molecule has 0 atom stereocenters. The van der Waals surface area contributed by atoms with Crippen LogP contribution in [0.4, 0.5) is 4.39 Å². The third kappa shape index (κ3) is 3.53. The predicted octanol–water partition coefficient (Wildman–Crippen LogP) is 2.18. The molecular formula is C13H18FNO2. The number of ether oxygens (including phenoxy) is 1. The van der Waals surface area contributed by atoms with Gasteiger partial charge in [0.05, 0.1) is 7.11 Å². The van der Waals surface area contributed by atoms with Gasteiger partial charge in [0.25, 0.3) is 0 Å². The highest BCUT2D eigenvalue weighted by atomic mass is 19.1. The van der Waals surface area contributed by atoms with Gasteiger partial charge < -0.3 is 4.74 Å². The molecule has 0 saturated carbocycles. The molecule has 0 amide bonds. The molecule has 1 aromatic rings.